The second kappa shape index (κ2) is 4.76. The van der Waals surface area contributed by atoms with Crippen LogP contribution in [0.25, 0.3) is 11.1 Å². The van der Waals surface area contributed by atoms with E-state index < -0.39 is 6.09 Å². The molecular weight excluding hydrogens is 238 g/mol. The molecule has 3 rings (SSSR count). The van der Waals surface area contributed by atoms with Gasteiger partial charge in [0.15, 0.2) is 0 Å². The molecule has 96 valence electrons. The summed E-state index contributed by atoms with van der Waals surface area (Å²) in [4.78, 5) is 11.4. The summed E-state index contributed by atoms with van der Waals surface area (Å²) >= 11 is 0. The molecule has 0 atom stereocenters. The van der Waals surface area contributed by atoms with Crippen LogP contribution in [0.1, 0.15) is 18.1 Å². The second-order valence-electron chi connectivity index (χ2n) is 4.55. The molecule has 1 aliphatic carbocycles. The predicted molar refractivity (Wildman–Crippen MR) is 75.3 cm³/mol. The molecule has 0 saturated heterocycles. The molecule has 3 heteroatoms. The average molecular weight is 253 g/mol. The molecule has 0 heterocycles. The average Bonchev–Trinajstić information content (AvgIpc) is 2.76. The molecule has 0 aromatic heterocycles. The Morgan fingerprint density at radius 2 is 1.95 bits per heavy atom. The summed E-state index contributed by atoms with van der Waals surface area (Å²) in [5.74, 6) is 0. The highest BCUT2D eigenvalue weighted by Crippen LogP contribution is 2.37. The van der Waals surface area contributed by atoms with Crippen LogP contribution >= 0.6 is 0 Å². The number of fused-ring (bicyclic) bond motifs is 3. The summed E-state index contributed by atoms with van der Waals surface area (Å²) in [6.07, 6.45) is 0.516. The van der Waals surface area contributed by atoms with Gasteiger partial charge in [0, 0.05) is 5.69 Å². The van der Waals surface area contributed by atoms with Crippen LogP contribution in [-0.2, 0) is 11.2 Å². The Morgan fingerprint density at radius 1 is 1.16 bits per heavy atom. The predicted octanol–water partition coefficient (Wildman–Crippen LogP) is 3.83. The van der Waals surface area contributed by atoms with E-state index in [0.717, 1.165) is 12.1 Å². The summed E-state index contributed by atoms with van der Waals surface area (Å²) in [7, 11) is 0. The first-order valence-corrected chi connectivity index (χ1v) is 6.43. The summed E-state index contributed by atoms with van der Waals surface area (Å²) in [6, 6.07) is 14.4. The van der Waals surface area contributed by atoms with Crippen LogP contribution < -0.4 is 5.32 Å². The lowest BCUT2D eigenvalue weighted by Gasteiger charge is -2.07. The Labute approximate surface area is 112 Å². The van der Waals surface area contributed by atoms with Gasteiger partial charge in [-0.25, -0.2) is 4.79 Å². The van der Waals surface area contributed by atoms with Gasteiger partial charge in [0.25, 0.3) is 0 Å². The fraction of sp³-hybridized carbons (Fsp3) is 0.188. The van der Waals surface area contributed by atoms with E-state index >= 15 is 0 Å². The molecular formula is C16H15NO2. The van der Waals surface area contributed by atoms with Gasteiger partial charge in [-0.15, -0.1) is 0 Å². The van der Waals surface area contributed by atoms with Crippen molar-refractivity contribution in [1.29, 1.82) is 0 Å². The number of hydrogen-bond acceptors (Lipinski definition) is 2. The number of rotatable bonds is 2. The van der Waals surface area contributed by atoms with Crippen LogP contribution in [-0.4, -0.2) is 12.7 Å². The Morgan fingerprint density at radius 3 is 2.79 bits per heavy atom. The fourth-order valence-electron chi connectivity index (χ4n) is 2.51. The molecule has 19 heavy (non-hydrogen) atoms. The maximum absolute atomic E-state index is 11.4. The van der Waals surface area contributed by atoms with Crippen molar-refractivity contribution in [2.24, 2.45) is 0 Å². The number of hydrogen-bond donors (Lipinski definition) is 1. The van der Waals surface area contributed by atoms with Crippen LogP contribution in [0.2, 0.25) is 0 Å². The SMILES string of the molecule is CCOC(=O)Nc1ccc2c(c1)Cc1ccccc1-2. The molecule has 1 amide bonds. The van der Waals surface area contributed by atoms with Gasteiger partial charge in [-0.1, -0.05) is 30.3 Å². The number of amides is 1. The van der Waals surface area contributed by atoms with Crippen LogP contribution in [0.15, 0.2) is 42.5 Å². The lowest BCUT2D eigenvalue weighted by atomic mass is 10.1. The van der Waals surface area contributed by atoms with E-state index in [0.29, 0.717) is 6.61 Å². The van der Waals surface area contributed by atoms with E-state index in [2.05, 4.69) is 35.6 Å². The van der Waals surface area contributed by atoms with E-state index in [9.17, 15) is 4.79 Å². The van der Waals surface area contributed by atoms with Crippen molar-refractivity contribution in [1.82, 2.24) is 0 Å². The number of anilines is 1. The number of ether oxygens (including phenoxy) is 1. The lowest BCUT2D eigenvalue weighted by Crippen LogP contribution is -2.13. The molecule has 0 fully saturated rings. The van der Waals surface area contributed by atoms with Gasteiger partial charge in [0.1, 0.15) is 0 Å². The smallest absolute Gasteiger partial charge is 0.411 e. The zero-order valence-electron chi connectivity index (χ0n) is 10.8. The molecule has 0 radical (unpaired) electrons. The largest absolute Gasteiger partial charge is 0.450 e. The minimum Gasteiger partial charge on any atom is -0.450 e. The van der Waals surface area contributed by atoms with Gasteiger partial charge in [-0.05, 0) is 47.7 Å². The topological polar surface area (TPSA) is 38.3 Å². The lowest BCUT2D eigenvalue weighted by molar-refractivity contribution is 0.168. The van der Waals surface area contributed by atoms with E-state index in [4.69, 9.17) is 4.74 Å². The van der Waals surface area contributed by atoms with E-state index in [1.807, 2.05) is 12.1 Å². The summed E-state index contributed by atoms with van der Waals surface area (Å²) in [5, 5.41) is 2.74. The number of nitrogens with one attached hydrogen (secondary N) is 1. The fourth-order valence-corrected chi connectivity index (χ4v) is 2.51. The highest BCUT2D eigenvalue weighted by molar-refractivity contribution is 5.86. The zero-order valence-corrected chi connectivity index (χ0v) is 10.8. The number of carbonyl (C=O) groups is 1. The summed E-state index contributed by atoms with van der Waals surface area (Å²) < 4.78 is 4.88. The van der Waals surface area contributed by atoms with Gasteiger partial charge >= 0.3 is 6.09 Å². The van der Waals surface area contributed by atoms with Crippen molar-refractivity contribution in [3.63, 3.8) is 0 Å². The zero-order chi connectivity index (χ0) is 13.2. The molecule has 0 spiro atoms. The van der Waals surface area contributed by atoms with Gasteiger partial charge in [0.2, 0.25) is 0 Å². The van der Waals surface area contributed by atoms with Crippen LogP contribution in [0, 0.1) is 0 Å². The molecule has 0 saturated carbocycles. The standard InChI is InChI=1S/C16H15NO2/c1-2-19-16(18)17-13-7-8-15-12(10-13)9-11-5-3-4-6-14(11)15/h3-8,10H,2,9H2,1H3,(H,17,18). The van der Waals surface area contributed by atoms with Crippen LogP contribution in [0.4, 0.5) is 10.5 Å². The molecule has 0 unspecified atom stereocenters. The van der Waals surface area contributed by atoms with E-state index in [1.165, 1.54) is 22.3 Å². The van der Waals surface area contributed by atoms with Crippen molar-refractivity contribution in [3.8, 4) is 11.1 Å². The van der Waals surface area contributed by atoms with E-state index in [1.54, 1.807) is 6.92 Å². The van der Waals surface area contributed by atoms with Crippen molar-refractivity contribution >= 4 is 11.8 Å². The minimum absolute atomic E-state index is 0.377. The van der Waals surface area contributed by atoms with Gasteiger partial charge < -0.3 is 4.74 Å². The normalized spacial score (nSPS) is 11.6. The maximum atomic E-state index is 11.4. The molecule has 1 aliphatic rings. The number of carbonyl (C=O) groups excluding carboxylic acids is 1. The highest BCUT2D eigenvalue weighted by Gasteiger charge is 2.18. The molecule has 1 N–H and O–H groups in total. The third-order valence-corrected chi connectivity index (χ3v) is 3.32. The molecule has 2 aromatic rings. The Bertz CT molecular complexity index is 634. The first kappa shape index (κ1) is 11.8. The third-order valence-electron chi connectivity index (χ3n) is 3.32. The van der Waals surface area contributed by atoms with E-state index in [-0.39, 0.29) is 0 Å². The Balaban J connectivity index is 1.87. The van der Waals surface area contributed by atoms with Crippen molar-refractivity contribution in [3.05, 3.63) is 53.6 Å². The molecule has 0 aliphatic heterocycles. The summed E-state index contributed by atoms with van der Waals surface area (Å²) in [6.45, 7) is 2.17. The molecule has 0 bridgehead atoms. The van der Waals surface area contributed by atoms with Crippen LogP contribution in [0.5, 0.6) is 0 Å². The minimum atomic E-state index is -0.405. The molecule has 2 aromatic carbocycles. The molecule has 3 nitrogen and oxygen atoms in total. The first-order valence-electron chi connectivity index (χ1n) is 6.43. The third kappa shape index (κ3) is 2.19. The van der Waals surface area contributed by atoms with Crippen molar-refractivity contribution in [2.45, 2.75) is 13.3 Å². The Hall–Kier alpha value is -2.29. The highest BCUT2D eigenvalue weighted by atomic mass is 16.5. The van der Waals surface area contributed by atoms with Gasteiger partial charge in [-0.2, -0.15) is 0 Å². The monoisotopic (exact) mass is 253 g/mol. The Kier molecular flexibility index (Phi) is 2.95. The van der Waals surface area contributed by atoms with Crippen molar-refractivity contribution < 1.29 is 9.53 Å². The van der Waals surface area contributed by atoms with Gasteiger partial charge in [0.05, 0.1) is 6.61 Å². The summed E-state index contributed by atoms with van der Waals surface area (Å²) in [5.41, 5.74) is 5.91. The number of benzene rings is 2. The first-order chi connectivity index (χ1) is 9.28. The quantitative estimate of drug-likeness (QED) is 0.753. The van der Waals surface area contributed by atoms with Crippen molar-refractivity contribution in [2.75, 3.05) is 11.9 Å². The maximum Gasteiger partial charge on any atom is 0.411 e. The van der Waals surface area contributed by atoms with Gasteiger partial charge in [-0.3, -0.25) is 5.32 Å². The second-order valence-corrected chi connectivity index (χ2v) is 4.55. The van der Waals surface area contributed by atoms with Crippen LogP contribution in [0.3, 0.4) is 0 Å².